The third kappa shape index (κ3) is 4.11. The topological polar surface area (TPSA) is 47.6 Å². The van der Waals surface area contributed by atoms with Gasteiger partial charge in [-0.1, -0.05) is 22.0 Å². The molecular weight excluding hydrogens is 286 g/mol. The van der Waals surface area contributed by atoms with Gasteiger partial charge in [0.15, 0.2) is 6.29 Å². The van der Waals surface area contributed by atoms with Crippen molar-refractivity contribution in [2.24, 2.45) is 0 Å². The van der Waals surface area contributed by atoms with Crippen LogP contribution in [0.2, 0.25) is 0 Å². The molecule has 0 fully saturated rings. The summed E-state index contributed by atoms with van der Waals surface area (Å²) in [6, 6.07) is 5.46. The van der Waals surface area contributed by atoms with Crippen LogP contribution in [0.1, 0.15) is 15.9 Å². The van der Waals surface area contributed by atoms with Gasteiger partial charge >= 0.3 is 0 Å². The summed E-state index contributed by atoms with van der Waals surface area (Å²) in [7, 11) is 3.06. The lowest BCUT2D eigenvalue weighted by Gasteiger charge is -2.14. The second kappa shape index (κ2) is 6.74. The Bertz CT molecular complexity index is 391. The first kappa shape index (κ1) is 14.2. The number of methoxy groups -OCH3 is 2. The molecule has 0 saturated heterocycles. The quantitative estimate of drug-likeness (QED) is 0.847. The molecule has 1 N–H and O–H groups in total. The van der Waals surface area contributed by atoms with Gasteiger partial charge in [0, 0.05) is 24.3 Å². The van der Waals surface area contributed by atoms with Gasteiger partial charge in [-0.15, -0.1) is 0 Å². The van der Waals surface area contributed by atoms with Crippen LogP contribution in [0.4, 0.5) is 0 Å². The molecule has 0 aliphatic heterocycles. The molecule has 1 aromatic rings. The van der Waals surface area contributed by atoms with E-state index in [1.165, 1.54) is 14.2 Å². The summed E-state index contributed by atoms with van der Waals surface area (Å²) in [6.07, 6.45) is -0.423. The molecule has 94 valence electrons. The lowest BCUT2D eigenvalue weighted by molar-refractivity contribution is -0.0974. The number of amides is 1. The minimum absolute atomic E-state index is 0.148. The molecule has 1 rings (SSSR count). The van der Waals surface area contributed by atoms with Gasteiger partial charge in [-0.2, -0.15) is 0 Å². The van der Waals surface area contributed by atoms with E-state index in [0.29, 0.717) is 12.1 Å². The highest BCUT2D eigenvalue weighted by molar-refractivity contribution is 9.10. The summed E-state index contributed by atoms with van der Waals surface area (Å²) in [4.78, 5) is 11.8. The van der Waals surface area contributed by atoms with E-state index in [1.807, 2.05) is 13.0 Å². The first-order valence-electron chi connectivity index (χ1n) is 5.18. The van der Waals surface area contributed by atoms with Crippen molar-refractivity contribution >= 4 is 21.8 Å². The van der Waals surface area contributed by atoms with Crippen LogP contribution in [0.25, 0.3) is 0 Å². The number of aryl methyl sites for hydroxylation is 1. The highest BCUT2D eigenvalue weighted by Crippen LogP contribution is 2.17. The maximum atomic E-state index is 11.8. The van der Waals surface area contributed by atoms with Gasteiger partial charge in [0.1, 0.15) is 0 Å². The van der Waals surface area contributed by atoms with Crippen molar-refractivity contribution in [1.29, 1.82) is 0 Å². The molecule has 0 aliphatic rings. The fraction of sp³-hybridized carbons (Fsp3) is 0.417. The number of carbonyl (C=O) groups excluding carboxylic acids is 1. The Morgan fingerprint density at radius 1 is 1.41 bits per heavy atom. The zero-order valence-electron chi connectivity index (χ0n) is 10.1. The minimum Gasteiger partial charge on any atom is -0.354 e. The summed E-state index contributed by atoms with van der Waals surface area (Å²) in [6.45, 7) is 2.29. The zero-order valence-corrected chi connectivity index (χ0v) is 11.7. The highest BCUT2D eigenvalue weighted by Gasteiger charge is 2.10. The molecular formula is C12H16BrNO3. The van der Waals surface area contributed by atoms with E-state index >= 15 is 0 Å². The van der Waals surface area contributed by atoms with Crippen molar-refractivity contribution in [2.75, 3.05) is 20.8 Å². The second-order valence-corrected chi connectivity index (χ2v) is 4.43. The Hall–Kier alpha value is -0.910. The first-order chi connectivity index (χ1) is 8.08. The smallest absolute Gasteiger partial charge is 0.251 e. The average Bonchev–Trinajstić information content (AvgIpc) is 2.33. The lowest BCUT2D eigenvalue weighted by Crippen LogP contribution is -2.34. The number of ether oxygens (including phenoxy) is 2. The Labute approximate surface area is 109 Å². The standard InChI is InChI=1S/C12H16BrNO3/c1-8-4-5-9(6-10(8)13)12(15)14-7-11(16-2)17-3/h4-6,11H,7H2,1-3H3,(H,14,15). The molecule has 0 aliphatic carbocycles. The molecule has 0 heterocycles. The fourth-order valence-corrected chi connectivity index (χ4v) is 1.65. The average molecular weight is 302 g/mol. The van der Waals surface area contributed by atoms with Gasteiger partial charge in [0.2, 0.25) is 0 Å². The van der Waals surface area contributed by atoms with Crippen molar-refractivity contribution < 1.29 is 14.3 Å². The Kier molecular flexibility index (Phi) is 5.61. The van der Waals surface area contributed by atoms with Crippen LogP contribution in [0, 0.1) is 6.92 Å². The van der Waals surface area contributed by atoms with Gasteiger partial charge in [-0.3, -0.25) is 4.79 Å². The minimum atomic E-state index is -0.423. The van der Waals surface area contributed by atoms with Crippen LogP contribution < -0.4 is 5.32 Å². The Balaban J connectivity index is 2.61. The van der Waals surface area contributed by atoms with E-state index in [-0.39, 0.29) is 5.91 Å². The molecule has 0 atom stereocenters. The summed E-state index contributed by atoms with van der Waals surface area (Å²) < 4.78 is 10.9. The largest absolute Gasteiger partial charge is 0.354 e. The number of hydrogen-bond acceptors (Lipinski definition) is 3. The second-order valence-electron chi connectivity index (χ2n) is 3.57. The molecule has 0 unspecified atom stereocenters. The van der Waals surface area contributed by atoms with E-state index < -0.39 is 6.29 Å². The molecule has 0 radical (unpaired) electrons. The van der Waals surface area contributed by atoms with Crippen molar-refractivity contribution in [2.45, 2.75) is 13.2 Å². The maximum absolute atomic E-state index is 11.8. The van der Waals surface area contributed by atoms with Crippen LogP contribution in [-0.4, -0.2) is 33.0 Å². The fourth-order valence-electron chi connectivity index (χ4n) is 1.28. The van der Waals surface area contributed by atoms with Crippen LogP contribution in [0.15, 0.2) is 22.7 Å². The van der Waals surface area contributed by atoms with Crippen LogP contribution >= 0.6 is 15.9 Å². The molecule has 1 aromatic carbocycles. The van der Waals surface area contributed by atoms with Gasteiger partial charge in [0.25, 0.3) is 5.91 Å². The monoisotopic (exact) mass is 301 g/mol. The van der Waals surface area contributed by atoms with Gasteiger partial charge in [-0.25, -0.2) is 0 Å². The number of benzene rings is 1. The molecule has 1 amide bonds. The van der Waals surface area contributed by atoms with Crippen LogP contribution in [-0.2, 0) is 9.47 Å². The lowest BCUT2D eigenvalue weighted by atomic mass is 10.1. The van der Waals surface area contributed by atoms with Gasteiger partial charge < -0.3 is 14.8 Å². The Morgan fingerprint density at radius 2 is 2.06 bits per heavy atom. The van der Waals surface area contributed by atoms with Gasteiger partial charge in [-0.05, 0) is 24.6 Å². The molecule has 0 saturated carbocycles. The number of nitrogens with one attached hydrogen (secondary N) is 1. The zero-order chi connectivity index (χ0) is 12.8. The van der Waals surface area contributed by atoms with Crippen molar-refractivity contribution in [3.8, 4) is 0 Å². The third-order valence-corrected chi connectivity index (χ3v) is 3.24. The van der Waals surface area contributed by atoms with Gasteiger partial charge in [0.05, 0.1) is 6.54 Å². The maximum Gasteiger partial charge on any atom is 0.251 e. The Morgan fingerprint density at radius 3 is 2.59 bits per heavy atom. The van der Waals surface area contributed by atoms with Crippen molar-refractivity contribution in [1.82, 2.24) is 5.32 Å². The summed E-state index contributed by atoms with van der Waals surface area (Å²) >= 11 is 3.39. The molecule has 0 spiro atoms. The number of halogens is 1. The van der Waals surface area contributed by atoms with E-state index in [9.17, 15) is 4.79 Å². The first-order valence-corrected chi connectivity index (χ1v) is 5.97. The SMILES string of the molecule is COC(CNC(=O)c1ccc(C)c(Br)c1)OC. The molecule has 0 aromatic heterocycles. The van der Waals surface area contributed by atoms with E-state index in [1.54, 1.807) is 12.1 Å². The van der Waals surface area contributed by atoms with E-state index in [2.05, 4.69) is 21.2 Å². The predicted molar refractivity (Wildman–Crippen MR) is 69.0 cm³/mol. The molecule has 4 nitrogen and oxygen atoms in total. The molecule has 5 heteroatoms. The normalized spacial score (nSPS) is 10.6. The summed E-state index contributed by atoms with van der Waals surface area (Å²) in [5.74, 6) is -0.148. The summed E-state index contributed by atoms with van der Waals surface area (Å²) in [5, 5.41) is 2.74. The van der Waals surface area contributed by atoms with Crippen molar-refractivity contribution in [3.05, 3.63) is 33.8 Å². The van der Waals surface area contributed by atoms with Crippen LogP contribution in [0.5, 0.6) is 0 Å². The number of carbonyl (C=O) groups is 1. The summed E-state index contributed by atoms with van der Waals surface area (Å²) in [5.41, 5.74) is 1.70. The third-order valence-electron chi connectivity index (χ3n) is 2.39. The number of rotatable bonds is 5. The van der Waals surface area contributed by atoms with E-state index in [0.717, 1.165) is 10.0 Å². The predicted octanol–water partition coefficient (Wildman–Crippen LogP) is 2.11. The highest BCUT2D eigenvalue weighted by atomic mass is 79.9. The number of hydrogen-bond donors (Lipinski definition) is 1. The van der Waals surface area contributed by atoms with Crippen LogP contribution in [0.3, 0.4) is 0 Å². The van der Waals surface area contributed by atoms with E-state index in [4.69, 9.17) is 9.47 Å². The van der Waals surface area contributed by atoms with Crippen molar-refractivity contribution in [3.63, 3.8) is 0 Å². The molecule has 17 heavy (non-hydrogen) atoms. The molecule has 0 bridgehead atoms.